The zero-order valence-corrected chi connectivity index (χ0v) is 81.7. The van der Waals surface area contributed by atoms with Crippen molar-refractivity contribution in [3.8, 4) is 17.2 Å². The van der Waals surface area contributed by atoms with Crippen molar-refractivity contribution in [2.75, 3.05) is 187 Å². The molecule has 728 valence electrons. The number of anilines is 12. The fourth-order valence-corrected chi connectivity index (χ4v) is 18.0. The molecule has 0 radical (unpaired) electrons. The first-order valence-corrected chi connectivity index (χ1v) is 49.6. The number of nitrogens with one attached hydrogen (secondary N) is 12. The summed E-state index contributed by atoms with van der Waals surface area (Å²) in [6.45, 7) is 40.6. The van der Waals surface area contributed by atoms with Crippen LogP contribution in [0.3, 0.4) is 0 Å². The number of hydrogen-bond donors (Lipinski definition) is 12. The second-order valence-electron chi connectivity index (χ2n) is 35.1. The standard InChI is InChI=1S/C33H48N6O5S.C32H46N6O5S.C31H44N6O5S.CH4/c1-6-8-28(40)23-35-16-19-43-18-15-34-17-20-44-29-13-11-26(12-14-29)38-32-36-22-25(2)31(39-32)37-27-9-7-10-30(21-27)45(41,42)24-33(3,4)5;1-6-27(39)22-34-15-18-42-17-14-33-16-19-43-28-12-10-25(11-13-28)37-31-35-21-24(2)30(38-31)36-26-8-7-9-29(20-26)44(40,41)23-32(3,4)5;1-23-20-34-30(37-29(23)35-26-7-6-8-28(19-26)43(39,40)22-31(3,4)5)36-25-9-11-27(12-10-25)42-18-15-32-13-16-41-17-14-33-21-24(2)38;/h7,9-14,21-22,34-35H,6,8,15-20,23-24H2,1-5H3,(H2,36,37,38,39);7-13,20-21,33-34H,6,14-19,22-23H2,1-5H3,(H2,35,36,37,38);6-12,19-20,32-33H,13-18,21-22H2,1-5H3,(H2,34,35,36,37);1H4. The smallest absolute Gasteiger partial charge is 0.229 e. The van der Waals surface area contributed by atoms with Gasteiger partial charge in [0.05, 0.1) is 91.2 Å². The number of aryl methyl sites for hydroxylation is 3. The van der Waals surface area contributed by atoms with Crippen molar-refractivity contribution < 1.29 is 68.1 Å². The molecule has 0 atom stereocenters. The maximum Gasteiger partial charge on any atom is 0.229 e. The minimum atomic E-state index is -3.43. The van der Waals surface area contributed by atoms with E-state index in [4.69, 9.17) is 28.4 Å². The highest BCUT2D eigenvalue weighted by molar-refractivity contribution is 7.92. The number of benzene rings is 6. The van der Waals surface area contributed by atoms with Crippen molar-refractivity contribution in [1.82, 2.24) is 61.8 Å². The molecule has 6 aromatic carbocycles. The van der Waals surface area contributed by atoms with E-state index in [2.05, 4.69) is 93.7 Å². The van der Waals surface area contributed by atoms with Gasteiger partial charge >= 0.3 is 0 Å². The van der Waals surface area contributed by atoms with Gasteiger partial charge in [0, 0.05) is 141 Å². The molecule has 0 saturated heterocycles. The lowest BCUT2D eigenvalue weighted by atomic mass is 10.0. The Labute approximate surface area is 788 Å². The van der Waals surface area contributed by atoms with Crippen molar-refractivity contribution in [2.45, 2.75) is 145 Å². The fourth-order valence-electron chi connectivity index (χ4n) is 12.3. The summed E-state index contributed by atoms with van der Waals surface area (Å²) < 4.78 is 111. The van der Waals surface area contributed by atoms with Crippen molar-refractivity contribution in [2.24, 2.45) is 16.2 Å². The lowest BCUT2D eigenvalue weighted by Gasteiger charge is -2.18. The Hall–Kier alpha value is -10.7. The summed E-state index contributed by atoms with van der Waals surface area (Å²) in [5.74, 6) is 5.90. The lowest BCUT2D eigenvalue weighted by molar-refractivity contribution is -0.119. The van der Waals surface area contributed by atoms with Crippen LogP contribution < -0.4 is 78.0 Å². The molecular formula is C97H142N18O15S3. The maximum atomic E-state index is 12.9. The number of sulfone groups is 3. The molecule has 9 rings (SSSR count). The summed E-state index contributed by atoms with van der Waals surface area (Å²) in [6.07, 6.45) is 7.18. The van der Waals surface area contributed by atoms with Crippen molar-refractivity contribution >= 4 is 116 Å². The van der Waals surface area contributed by atoms with Crippen LogP contribution in [0.25, 0.3) is 0 Å². The molecule has 36 heteroatoms. The van der Waals surface area contributed by atoms with Crippen molar-refractivity contribution in [3.63, 3.8) is 0 Å². The van der Waals surface area contributed by atoms with E-state index >= 15 is 0 Å². The minimum absolute atomic E-state index is 0. The largest absolute Gasteiger partial charge is 0.492 e. The predicted octanol–water partition coefficient (Wildman–Crippen LogP) is 14.6. The molecule has 0 spiro atoms. The lowest BCUT2D eigenvalue weighted by Crippen LogP contribution is -2.28. The van der Waals surface area contributed by atoms with Crippen LogP contribution in [0.1, 0.15) is 126 Å². The second-order valence-corrected chi connectivity index (χ2v) is 41.1. The van der Waals surface area contributed by atoms with Gasteiger partial charge in [-0.25, -0.2) is 40.2 Å². The highest BCUT2D eigenvalue weighted by Crippen LogP contribution is 2.32. The van der Waals surface area contributed by atoms with E-state index in [-0.39, 0.29) is 73.0 Å². The summed E-state index contributed by atoms with van der Waals surface area (Å²) in [5.41, 5.74) is 5.70. The van der Waals surface area contributed by atoms with Gasteiger partial charge in [0.25, 0.3) is 0 Å². The molecule has 0 amide bonds. The van der Waals surface area contributed by atoms with E-state index in [9.17, 15) is 39.6 Å². The van der Waals surface area contributed by atoms with Crippen LogP contribution in [0.5, 0.6) is 17.2 Å². The van der Waals surface area contributed by atoms with Crippen LogP contribution >= 0.6 is 0 Å². The number of aromatic nitrogens is 6. The van der Waals surface area contributed by atoms with Crippen LogP contribution in [0, 0.1) is 37.0 Å². The Morgan fingerprint density at radius 2 is 0.609 bits per heavy atom. The first kappa shape index (κ1) is 111. The van der Waals surface area contributed by atoms with Crippen molar-refractivity contribution in [3.05, 3.63) is 181 Å². The Bertz CT molecular complexity index is 5380. The second kappa shape index (κ2) is 57.1. The highest BCUT2D eigenvalue weighted by Gasteiger charge is 2.27. The first-order chi connectivity index (χ1) is 62.8. The third-order valence-electron chi connectivity index (χ3n) is 18.6. The van der Waals surface area contributed by atoms with Gasteiger partial charge in [-0.3, -0.25) is 14.4 Å². The molecule has 133 heavy (non-hydrogen) atoms. The third kappa shape index (κ3) is 45.2. The van der Waals surface area contributed by atoms with E-state index < -0.39 is 29.5 Å². The average molecular weight is 1900 g/mol. The van der Waals surface area contributed by atoms with Gasteiger partial charge in [0.15, 0.2) is 29.5 Å². The van der Waals surface area contributed by atoms with Crippen LogP contribution in [-0.4, -0.2) is 228 Å². The third-order valence-corrected chi connectivity index (χ3v) is 25.3. The Morgan fingerprint density at radius 3 is 0.880 bits per heavy atom. The van der Waals surface area contributed by atoms with E-state index in [1.807, 2.05) is 188 Å². The first-order valence-electron chi connectivity index (χ1n) is 44.6. The molecular weight excluding hydrogens is 1750 g/mol. The number of carbonyl (C=O) groups excluding carboxylic acids is 3. The molecule has 0 bridgehead atoms. The fraction of sp³-hybridized carbons (Fsp3) is 0.474. The molecule has 0 aliphatic heterocycles. The minimum Gasteiger partial charge on any atom is -0.492 e. The highest BCUT2D eigenvalue weighted by atomic mass is 32.2. The summed E-state index contributed by atoms with van der Waals surface area (Å²) in [5, 5.41) is 38.3. The van der Waals surface area contributed by atoms with Gasteiger partial charge in [0.2, 0.25) is 17.8 Å². The average Bonchev–Trinajstić information content (AvgIpc) is 0.814. The molecule has 3 heterocycles. The molecule has 0 aliphatic rings. The number of ketones is 3. The topological polar surface area (TPSA) is 431 Å². The number of rotatable bonds is 57. The quantitative estimate of drug-likeness (QED) is 0.0158. The molecule has 9 aromatic rings. The van der Waals surface area contributed by atoms with E-state index in [0.29, 0.717) is 190 Å². The number of ether oxygens (including phenoxy) is 6. The Balaban J connectivity index is 0.000000306. The van der Waals surface area contributed by atoms with Crippen LogP contribution in [-0.2, 0) is 58.1 Å². The molecule has 0 saturated carbocycles. The van der Waals surface area contributed by atoms with Crippen LogP contribution in [0.15, 0.2) is 179 Å². The van der Waals surface area contributed by atoms with E-state index in [1.165, 1.54) is 0 Å². The van der Waals surface area contributed by atoms with Crippen molar-refractivity contribution in [1.29, 1.82) is 0 Å². The summed E-state index contributed by atoms with van der Waals surface area (Å²) in [6, 6.07) is 42.9. The predicted molar refractivity (Wildman–Crippen MR) is 532 cm³/mol. The monoisotopic (exact) mass is 1900 g/mol. The van der Waals surface area contributed by atoms with Gasteiger partial charge < -0.3 is 92.2 Å². The zero-order valence-electron chi connectivity index (χ0n) is 79.2. The number of carbonyl (C=O) groups is 3. The number of nitrogens with zero attached hydrogens (tertiary/aromatic N) is 6. The van der Waals surface area contributed by atoms with E-state index in [0.717, 1.165) is 70.5 Å². The summed E-state index contributed by atoms with van der Waals surface area (Å²) in [7, 11) is -10.3. The van der Waals surface area contributed by atoms with Gasteiger partial charge in [-0.1, -0.05) is 102 Å². The number of Topliss-reactive ketones (excluding diaryl/α,β-unsaturated/α-hetero) is 3. The SMILES string of the molecule is C.CC(=O)CNCCOCCNCCOc1ccc(Nc2ncc(C)c(Nc3cccc(S(=O)(=O)CC(C)(C)C)c3)n2)cc1.CCC(=O)CNCCOCCNCCOc1ccc(Nc2ncc(C)c(Nc3cccc(S(=O)(=O)CC(C)(C)C)c3)n2)cc1.CCCC(=O)CNCCOCCNCCOc1ccc(Nc2ncc(C)c(Nc3cccc(S(=O)(=O)CC(C)(C)C)c3)n2)cc1. The van der Waals surface area contributed by atoms with E-state index in [1.54, 1.807) is 80.1 Å². The molecule has 33 nitrogen and oxygen atoms in total. The molecule has 0 unspecified atom stereocenters. The van der Waals surface area contributed by atoms with Gasteiger partial charge in [-0.2, -0.15) is 15.0 Å². The van der Waals surface area contributed by atoms with Crippen LogP contribution in [0.4, 0.5) is 69.4 Å². The van der Waals surface area contributed by atoms with Gasteiger partial charge in [-0.15, -0.1) is 0 Å². The Kier molecular flexibility index (Phi) is 47.7. The molecule has 12 N–H and O–H groups in total. The molecule has 0 aliphatic carbocycles. The summed E-state index contributed by atoms with van der Waals surface area (Å²) >= 11 is 0. The molecule has 0 fully saturated rings. The van der Waals surface area contributed by atoms with Gasteiger partial charge in [0.1, 0.15) is 71.9 Å². The normalized spacial score (nSPS) is 11.7. The number of hydrogen-bond acceptors (Lipinski definition) is 33. The maximum absolute atomic E-state index is 12.9. The van der Waals surface area contributed by atoms with Crippen LogP contribution in [0.2, 0.25) is 0 Å². The van der Waals surface area contributed by atoms with Gasteiger partial charge in [-0.05, 0) is 178 Å². The Morgan fingerprint density at radius 1 is 0.338 bits per heavy atom. The zero-order chi connectivity index (χ0) is 96.0. The molecule has 3 aromatic heterocycles. The summed E-state index contributed by atoms with van der Waals surface area (Å²) in [4.78, 5) is 61.3.